The van der Waals surface area contributed by atoms with Crippen molar-refractivity contribution in [1.82, 2.24) is 14.5 Å². The molecule has 110 valence electrons. The van der Waals surface area contributed by atoms with Crippen LogP contribution >= 0.6 is 0 Å². The fraction of sp³-hybridized carbons (Fsp3) is 0.615. The molecule has 2 N–H and O–H groups in total. The minimum absolute atomic E-state index is 0.0471. The maximum absolute atomic E-state index is 12.1. The molecular weight excluding hydrogens is 258 g/mol. The molecule has 0 aromatic carbocycles. The average Bonchev–Trinajstić information content (AvgIpc) is 2.40. The molecule has 1 saturated heterocycles. The summed E-state index contributed by atoms with van der Waals surface area (Å²) >= 11 is 0. The zero-order valence-electron chi connectivity index (χ0n) is 12.2. The van der Waals surface area contributed by atoms with Crippen molar-refractivity contribution in [2.45, 2.75) is 19.4 Å². The summed E-state index contributed by atoms with van der Waals surface area (Å²) in [6.07, 6.45) is 1.70. The number of hydrogen-bond donors (Lipinski definition) is 1. The Morgan fingerprint density at radius 1 is 1.30 bits per heavy atom. The predicted octanol–water partition coefficient (Wildman–Crippen LogP) is -0.834. The Labute approximate surface area is 118 Å². The maximum Gasteiger partial charge on any atom is 0.349 e. The standard InChI is InChI=1S/C13H21N5O2/c1-13(2,14)11(19)18-8-6-17(7-9-18)10-4-5-16(3)12(20)15-10/h4-5H,6-9,14H2,1-3H3. The third-order valence-electron chi connectivity index (χ3n) is 3.40. The maximum atomic E-state index is 12.1. The molecule has 0 aliphatic carbocycles. The quantitative estimate of drug-likeness (QED) is 0.763. The molecule has 7 nitrogen and oxygen atoms in total. The fourth-order valence-corrected chi connectivity index (χ4v) is 2.18. The van der Waals surface area contributed by atoms with Crippen molar-refractivity contribution in [3.63, 3.8) is 0 Å². The molecule has 0 saturated carbocycles. The third-order valence-corrected chi connectivity index (χ3v) is 3.40. The lowest BCUT2D eigenvalue weighted by molar-refractivity contribution is -0.136. The molecular formula is C13H21N5O2. The molecule has 1 aromatic heterocycles. The van der Waals surface area contributed by atoms with Gasteiger partial charge in [-0.05, 0) is 19.9 Å². The Bertz CT molecular complexity index is 553. The second-order valence-corrected chi connectivity index (χ2v) is 5.68. The second-order valence-electron chi connectivity index (χ2n) is 5.68. The highest BCUT2D eigenvalue weighted by Gasteiger charge is 2.30. The number of hydrogen-bond acceptors (Lipinski definition) is 5. The fourth-order valence-electron chi connectivity index (χ4n) is 2.18. The van der Waals surface area contributed by atoms with Gasteiger partial charge in [-0.25, -0.2) is 4.79 Å². The van der Waals surface area contributed by atoms with Gasteiger partial charge in [0.05, 0.1) is 5.54 Å². The van der Waals surface area contributed by atoms with Crippen molar-refractivity contribution in [2.24, 2.45) is 12.8 Å². The highest BCUT2D eigenvalue weighted by atomic mass is 16.2. The molecule has 2 rings (SSSR count). The van der Waals surface area contributed by atoms with Crippen LogP contribution in [0.4, 0.5) is 5.82 Å². The van der Waals surface area contributed by atoms with E-state index >= 15 is 0 Å². The Kier molecular flexibility index (Phi) is 3.80. The van der Waals surface area contributed by atoms with Gasteiger partial charge in [0.25, 0.3) is 0 Å². The van der Waals surface area contributed by atoms with Gasteiger partial charge in [0.2, 0.25) is 5.91 Å². The SMILES string of the molecule is Cn1ccc(N2CCN(C(=O)C(C)(C)N)CC2)nc1=O. The molecule has 0 atom stereocenters. The molecule has 0 bridgehead atoms. The van der Waals surface area contributed by atoms with E-state index in [1.165, 1.54) is 4.57 Å². The van der Waals surface area contributed by atoms with Gasteiger partial charge < -0.3 is 20.1 Å². The number of carbonyl (C=O) groups excluding carboxylic acids is 1. The number of carbonyl (C=O) groups is 1. The van der Waals surface area contributed by atoms with Crippen molar-refractivity contribution in [3.05, 3.63) is 22.7 Å². The van der Waals surface area contributed by atoms with E-state index in [0.29, 0.717) is 32.0 Å². The topological polar surface area (TPSA) is 84.5 Å². The lowest BCUT2D eigenvalue weighted by atomic mass is 10.0. The first-order valence-corrected chi connectivity index (χ1v) is 6.66. The van der Waals surface area contributed by atoms with Gasteiger partial charge in [-0.3, -0.25) is 4.79 Å². The monoisotopic (exact) mass is 279 g/mol. The van der Waals surface area contributed by atoms with E-state index in [9.17, 15) is 9.59 Å². The highest BCUT2D eigenvalue weighted by molar-refractivity contribution is 5.85. The van der Waals surface area contributed by atoms with Gasteiger partial charge in [-0.15, -0.1) is 0 Å². The van der Waals surface area contributed by atoms with Crippen LogP contribution in [0.5, 0.6) is 0 Å². The number of nitrogens with two attached hydrogens (primary N) is 1. The van der Waals surface area contributed by atoms with Crippen molar-refractivity contribution in [1.29, 1.82) is 0 Å². The minimum Gasteiger partial charge on any atom is -0.353 e. The molecule has 0 radical (unpaired) electrons. The first kappa shape index (κ1) is 14.5. The average molecular weight is 279 g/mol. The second kappa shape index (κ2) is 5.24. The molecule has 7 heteroatoms. The molecule has 0 spiro atoms. The van der Waals surface area contributed by atoms with Gasteiger partial charge >= 0.3 is 5.69 Å². The van der Waals surface area contributed by atoms with Crippen LogP contribution in [0.15, 0.2) is 17.1 Å². The Morgan fingerprint density at radius 3 is 2.40 bits per heavy atom. The highest BCUT2D eigenvalue weighted by Crippen LogP contribution is 2.13. The minimum atomic E-state index is -0.844. The van der Waals surface area contributed by atoms with E-state index < -0.39 is 5.54 Å². The molecule has 1 amide bonds. The van der Waals surface area contributed by atoms with E-state index in [2.05, 4.69) is 4.98 Å². The zero-order valence-corrected chi connectivity index (χ0v) is 12.2. The number of amides is 1. The summed E-state index contributed by atoms with van der Waals surface area (Å²) in [6, 6.07) is 1.81. The van der Waals surface area contributed by atoms with Crippen LogP contribution in [-0.2, 0) is 11.8 Å². The van der Waals surface area contributed by atoms with Crippen LogP contribution in [-0.4, -0.2) is 52.1 Å². The Morgan fingerprint density at radius 2 is 1.90 bits per heavy atom. The molecule has 0 unspecified atom stereocenters. The van der Waals surface area contributed by atoms with Crippen LogP contribution in [0.25, 0.3) is 0 Å². The summed E-state index contributed by atoms with van der Waals surface area (Å²) < 4.78 is 1.43. The summed E-state index contributed by atoms with van der Waals surface area (Å²) in [5.41, 5.74) is 4.71. The number of aryl methyl sites for hydroxylation is 1. The summed E-state index contributed by atoms with van der Waals surface area (Å²) in [4.78, 5) is 31.4. The number of piperazine rings is 1. The third kappa shape index (κ3) is 2.98. The molecule has 20 heavy (non-hydrogen) atoms. The summed E-state index contributed by atoms with van der Waals surface area (Å²) in [7, 11) is 1.67. The zero-order chi connectivity index (χ0) is 14.9. The molecule has 1 aromatic rings. The van der Waals surface area contributed by atoms with Crippen LogP contribution < -0.4 is 16.3 Å². The van der Waals surface area contributed by atoms with E-state index in [1.807, 2.05) is 11.0 Å². The number of rotatable bonds is 2. The lowest BCUT2D eigenvalue weighted by Crippen LogP contribution is -2.57. The van der Waals surface area contributed by atoms with E-state index in [-0.39, 0.29) is 11.6 Å². The predicted molar refractivity (Wildman–Crippen MR) is 76.5 cm³/mol. The smallest absolute Gasteiger partial charge is 0.349 e. The van der Waals surface area contributed by atoms with Crippen molar-refractivity contribution in [3.8, 4) is 0 Å². The van der Waals surface area contributed by atoms with Gasteiger partial charge in [-0.2, -0.15) is 4.98 Å². The molecule has 1 aliphatic rings. The number of nitrogens with zero attached hydrogens (tertiary/aromatic N) is 4. The lowest BCUT2D eigenvalue weighted by Gasteiger charge is -2.37. The first-order chi connectivity index (χ1) is 9.29. The Hall–Kier alpha value is -1.89. The number of aromatic nitrogens is 2. The molecule has 1 aliphatic heterocycles. The Balaban J connectivity index is 2.03. The van der Waals surface area contributed by atoms with Crippen LogP contribution in [0, 0.1) is 0 Å². The van der Waals surface area contributed by atoms with Crippen LogP contribution in [0.3, 0.4) is 0 Å². The van der Waals surface area contributed by atoms with E-state index in [4.69, 9.17) is 5.73 Å². The molecule has 1 fully saturated rings. The van der Waals surface area contributed by atoms with Gasteiger partial charge in [0.1, 0.15) is 5.82 Å². The van der Waals surface area contributed by atoms with Crippen molar-refractivity contribution < 1.29 is 4.79 Å². The first-order valence-electron chi connectivity index (χ1n) is 6.66. The molecule has 2 heterocycles. The summed E-state index contributed by atoms with van der Waals surface area (Å²) in [5.74, 6) is 0.612. The van der Waals surface area contributed by atoms with E-state index in [0.717, 1.165) is 0 Å². The summed E-state index contributed by atoms with van der Waals surface area (Å²) in [6.45, 7) is 5.92. The van der Waals surface area contributed by atoms with Gasteiger partial charge in [0.15, 0.2) is 0 Å². The van der Waals surface area contributed by atoms with Gasteiger partial charge in [0, 0.05) is 39.4 Å². The largest absolute Gasteiger partial charge is 0.353 e. The van der Waals surface area contributed by atoms with Gasteiger partial charge in [-0.1, -0.05) is 0 Å². The normalized spacial score (nSPS) is 16.4. The summed E-state index contributed by atoms with van der Waals surface area (Å²) in [5, 5.41) is 0. The van der Waals surface area contributed by atoms with Crippen molar-refractivity contribution >= 4 is 11.7 Å². The van der Waals surface area contributed by atoms with E-state index in [1.54, 1.807) is 32.0 Å². The van der Waals surface area contributed by atoms with Crippen molar-refractivity contribution in [2.75, 3.05) is 31.1 Å². The number of anilines is 1. The van der Waals surface area contributed by atoms with Crippen LogP contribution in [0.1, 0.15) is 13.8 Å². The van der Waals surface area contributed by atoms with Crippen LogP contribution in [0.2, 0.25) is 0 Å².